The summed E-state index contributed by atoms with van der Waals surface area (Å²) in [4.78, 5) is 42.6. The average Bonchev–Trinajstić information content (AvgIpc) is 3.12. The molecular weight excluding hydrogens is 518 g/mol. The molecule has 3 heterocycles. The number of aromatic nitrogens is 2. The number of piperidine rings is 1. The molecule has 1 aliphatic carbocycles. The van der Waals surface area contributed by atoms with Gasteiger partial charge >= 0.3 is 0 Å². The van der Waals surface area contributed by atoms with Gasteiger partial charge < -0.3 is 30.1 Å². The van der Waals surface area contributed by atoms with E-state index in [2.05, 4.69) is 39.4 Å². The molecule has 2 N–H and O–H groups in total. The van der Waals surface area contributed by atoms with Crippen LogP contribution < -0.4 is 25.2 Å². The number of likely N-dealkylation sites (tertiary alicyclic amines) is 1. The van der Waals surface area contributed by atoms with Gasteiger partial charge in [0.15, 0.2) is 5.82 Å². The summed E-state index contributed by atoms with van der Waals surface area (Å²) < 4.78 is 5.67. The van der Waals surface area contributed by atoms with Crippen molar-refractivity contribution in [3.8, 4) is 5.75 Å². The van der Waals surface area contributed by atoms with Crippen LogP contribution in [0.2, 0.25) is 0 Å². The summed E-state index contributed by atoms with van der Waals surface area (Å²) in [5.74, 6) is 1.77. The molecule has 0 radical (unpaired) electrons. The lowest BCUT2D eigenvalue weighted by Crippen LogP contribution is -2.43. The van der Waals surface area contributed by atoms with Crippen LogP contribution in [0.4, 0.5) is 23.1 Å². The van der Waals surface area contributed by atoms with E-state index in [1.807, 2.05) is 17.9 Å². The fourth-order valence-corrected chi connectivity index (χ4v) is 6.39. The van der Waals surface area contributed by atoms with Crippen molar-refractivity contribution in [2.75, 3.05) is 55.5 Å². The van der Waals surface area contributed by atoms with Crippen molar-refractivity contribution in [2.24, 2.45) is 5.92 Å². The predicted molar refractivity (Wildman–Crippen MR) is 162 cm³/mol. The molecule has 1 atom stereocenters. The zero-order chi connectivity index (χ0) is 28.9. The molecule has 0 spiro atoms. The molecule has 0 bridgehead atoms. The van der Waals surface area contributed by atoms with E-state index in [0.29, 0.717) is 42.1 Å². The second-order valence-electron chi connectivity index (χ2n) is 11.6. The highest BCUT2D eigenvalue weighted by Gasteiger charge is 2.36. The number of amides is 2. The zero-order valence-electron chi connectivity index (χ0n) is 25.0. The number of methoxy groups -OCH3 is 1. The van der Waals surface area contributed by atoms with Crippen LogP contribution in [0.3, 0.4) is 0 Å². The van der Waals surface area contributed by atoms with Crippen LogP contribution in [-0.2, 0) is 4.79 Å². The highest BCUT2D eigenvalue weighted by Crippen LogP contribution is 2.38. The molecule has 10 nitrogen and oxygen atoms in total. The molecular formula is C31H45N7O3. The number of ether oxygens (including phenoxy) is 1. The number of anilines is 4. The minimum atomic E-state index is -0.0939. The van der Waals surface area contributed by atoms with E-state index in [1.54, 1.807) is 25.4 Å². The quantitative estimate of drug-likeness (QED) is 0.481. The molecule has 41 heavy (non-hydrogen) atoms. The Balaban J connectivity index is 1.40. The third-order valence-corrected chi connectivity index (χ3v) is 8.93. The first-order valence-corrected chi connectivity index (χ1v) is 15.3. The Labute approximate surface area is 243 Å². The summed E-state index contributed by atoms with van der Waals surface area (Å²) in [6, 6.07) is 5.94. The normalized spacial score (nSPS) is 20.9. The number of carbonyl (C=O) groups is 2. The Morgan fingerprint density at radius 1 is 1.10 bits per heavy atom. The monoisotopic (exact) mass is 563 g/mol. The maximum absolute atomic E-state index is 13.5. The Morgan fingerprint density at radius 3 is 2.54 bits per heavy atom. The lowest BCUT2D eigenvalue weighted by molar-refractivity contribution is -0.122. The van der Waals surface area contributed by atoms with Crippen LogP contribution in [0.5, 0.6) is 5.75 Å². The first-order chi connectivity index (χ1) is 19.9. The molecule has 3 aliphatic rings. The predicted octanol–water partition coefficient (Wildman–Crippen LogP) is 4.58. The van der Waals surface area contributed by atoms with E-state index in [0.717, 1.165) is 56.7 Å². The van der Waals surface area contributed by atoms with Crippen molar-refractivity contribution in [2.45, 2.75) is 77.3 Å². The van der Waals surface area contributed by atoms with Crippen molar-refractivity contribution in [3.05, 3.63) is 30.0 Å². The summed E-state index contributed by atoms with van der Waals surface area (Å²) in [5, 5.41) is 6.49. The highest BCUT2D eigenvalue weighted by atomic mass is 16.5. The van der Waals surface area contributed by atoms with Gasteiger partial charge in [-0.1, -0.05) is 26.2 Å². The second kappa shape index (κ2) is 13.1. The molecule has 1 saturated carbocycles. The number of hydrogen-bond donors (Lipinski definition) is 2. The van der Waals surface area contributed by atoms with Gasteiger partial charge in [0.1, 0.15) is 11.4 Å². The van der Waals surface area contributed by atoms with Crippen LogP contribution in [0, 0.1) is 5.92 Å². The molecule has 1 saturated heterocycles. The third-order valence-electron chi connectivity index (χ3n) is 8.93. The van der Waals surface area contributed by atoms with Crippen molar-refractivity contribution in [3.63, 3.8) is 0 Å². The van der Waals surface area contributed by atoms with Gasteiger partial charge in [0.25, 0.3) is 5.91 Å². The number of nitrogens with zero attached hydrogens (tertiary/aromatic N) is 5. The molecule has 2 aliphatic heterocycles. The number of carbonyl (C=O) groups excluding carboxylic acids is 2. The third kappa shape index (κ3) is 6.42. The van der Waals surface area contributed by atoms with Gasteiger partial charge in [0.2, 0.25) is 11.9 Å². The molecule has 1 aromatic heterocycles. The molecule has 10 heteroatoms. The summed E-state index contributed by atoms with van der Waals surface area (Å²) in [7, 11) is 3.70. The minimum absolute atomic E-state index is 0.0733. The maximum atomic E-state index is 13.5. The number of benzene rings is 1. The molecule has 222 valence electrons. The van der Waals surface area contributed by atoms with E-state index >= 15 is 0 Å². The average molecular weight is 564 g/mol. The standard InChI is InChI=1S/C31H45N7O3/c1-5-21-20-38(24-10-8-7-9-11-24)28-26(37(6-2)30(21)40)19-32-31(35-28)34-25-13-12-22(18-27(25)41-4)29(39)33-23-14-16-36(3)17-15-23/h12-13,18-19,21,23-24H,5-11,14-17,20H2,1-4H3,(H,33,39)(H,32,34,35). The van der Waals surface area contributed by atoms with E-state index < -0.39 is 0 Å². The summed E-state index contributed by atoms with van der Waals surface area (Å²) in [6.07, 6.45) is 10.3. The highest BCUT2D eigenvalue weighted by molar-refractivity contribution is 5.99. The first kappa shape index (κ1) is 29.1. The molecule has 5 rings (SSSR count). The summed E-state index contributed by atoms with van der Waals surface area (Å²) >= 11 is 0. The van der Waals surface area contributed by atoms with E-state index in [-0.39, 0.29) is 23.8 Å². The van der Waals surface area contributed by atoms with Gasteiger partial charge in [-0.2, -0.15) is 4.98 Å². The van der Waals surface area contributed by atoms with Gasteiger partial charge in [-0.05, 0) is 77.4 Å². The van der Waals surface area contributed by atoms with Gasteiger partial charge in [0.05, 0.1) is 24.9 Å². The number of rotatable bonds is 8. The molecule has 1 unspecified atom stereocenters. The molecule has 2 aromatic rings. The minimum Gasteiger partial charge on any atom is -0.495 e. The van der Waals surface area contributed by atoms with Crippen LogP contribution in [-0.4, -0.2) is 79.1 Å². The van der Waals surface area contributed by atoms with Crippen LogP contribution in [0.1, 0.15) is 75.6 Å². The molecule has 2 fully saturated rings. The number of nitrogens with one attached hydrogen (secondary N) is 2. The summed E-state index contributed by atoms with van der Waals surface area (Å²) in [6.45, 7) is 7.31. The SMILES string of the molecule is CCC1CN(C2CCCCC2)c2nc(Nc3ccc(C(=O)NC4CCN(C)CC4)cc3OC)ncc2N(CC)C1=O. The zero-order valence-corrected chi connectivity index (χ0v) is 25.0. The first-order valence-electron chi connectivity index (χ1n) is 15.3. The fraction of sp³-hybridized carbons (Fsp3) is 0.613. The van der Waals surface area contributed by atoms with Gasteiger partial charge in [0, 0.05) is 30.7 Å². The van der Waals surface area contributed by atoms with Crippen molar-refractivity contribution < 1.29 is 14.3 Å². The maximum Gasteiger partial charge on any atom is 0.251 e. The lowest BCUT2D eigenvalue weighted by Gasteiger charge is -2.36. The topological polar surface area (TPSA) is 103 Å². The van der Waals surface area contributed by atoms with Gasteiger partial charge in [-0.25, -0.2) is 4.98 Å². The second-order valence-corrected chi connectivity index (χ2v) is 11.6. The summed E-state index contributed by atoms with van der Waals surface area (Å²) in [5.41, 5.74) is 2.01. The smallest absolute Gasteiger partial charge is 0.251 e. The van der Waals surface area contributed by atoms with Crippen molar-refractivity contribution in [1.82, 2.24) is 20.2 Å². The van der Waals surface area contributed by atoms with Crippen LogP contribution in [0.15, 0.2) is 24.4 Å². The Bertz CT molecular complexity index is 1220. The number of fused-ring (bicyclic) bond motifs is 1. The van der Waals surface area contributed by atoms with E-state index in [1.165, 1.54) is 19.3 Å². The number of hydrogen-bond acceptors (Lipinski definition) is 8. The fourth-order valence-electron chi connectivity index (χ4n) is 6.39. The van der Waals surface area contributed by atoms with Gasteiger partial charge in [-0.15, -0.1) is 0 Å². The Kier molecular flexibility index (Phi) is 9.27. The largest absolute Gasteiger partial charge is 0.495 e. The van der Waals surface area contributed by atoms with Gasteiger partial charge in [-0.3, -0.25) is 9.59 Å². The lowest BCUT2D eigenvalue weighted by atomic mass is 9.93. The molecule has 1 aromatic carbocycles. The van der Waals surface area contributed by atoms with Crippen LogP contribution >= 0.6 is 0 Å². The van der Waals surface area contributed by atoms with E-state index in [9.17, 15) is 9.59 Å². The Hall–Kier alpha value is -3.40. The van der Waals surface area contributed by atoms with Crippen molar-refractivity contribution in [1.29, 1.82) is 0 Å². The van der Waals surface area contributed by atoms with Crippen molar-refractivity contribution >= 4 is 35.0 Å². The van der Waals surface area contributed by atoms with E-state index in [4.69, 9.17) is 9.72 Å². The molecule has 2 amide bonds. The van der Waals surface area contributed by atoms with Crippen LogP contribution in [0.25, 0.3) is 0 Å². The Morgan fingerprint density at radius 2 is 1.85 bits per heavy atom.